The van der Waals surface area contributed by atoms with Gasteiger partial charge in [0.2, 0.25) is 11.8 Å². The fourth-order valence-electron chi connectivity index (χ4n) is 4.21. The second kappa shape index (κ2) is 7.18. The highest BCUT2D eigenvalue weighted by molar-refractivity contribution is 5.91. The molecule has 1 saturated carbocycles. The zero-order valence-electron chi connectivity index (χ0n) is 14.0. The number of nitrogens with one attached hydrogen (secondary N) is 1. The van der Waals surface area contributed by atoms with Crippen LogP contribution in [0.4, 0.5) is 0 Å². The van der Waals surface area contributed by atoms with Crippen molar-refractivity contribution < 1.29 is 19.1 Å². The average molecular weight is 324 g/mol. The van der Waals surface area contributed by atoms with Gasteiger partial charge in [-0.15, -0.1) is 0 Å². The van der Waals surface area contributed by atoms with Crippen molar-refractivity contribution in [3.63, 3.8) is 0 Å². The van der Waals surface area contributed by atoms with Gasteiger partial charge < -0.3 is 19.7 Å². The molecule has 0 bridgehead atoms. The van der Waals surface area contributed by atoms with Crippen molar-refractivity contribution in [1.82, 2.24) is 10.2 Å². The lowest BCUT2D eigenvalue weighted by Crippen LogP contribution is -2.61. The number of carbonyl (C=O) groups is 2. The molecule has 23 heavy (non-hydrogen) atoms. The van der Waals surface area contributed by atoms with E-state index in [1.807, 2.05) is 4.90 Å². The molecule has 0 aromatic heterocycles. The molecule has 0 aromatic carbocycles. The number of ether oxygens (including phenoxy) is 2. The van der Waals surface area contributed by atoms with E-state index in [1.165, 1.54) is 6.92 Å². The van der Waals surface area contributed by atoms with Gasteiger partial charge in [0.15, 0.2) is 6.29 Å². The zero-order valence-corrected chi connectivity index (χ0v) is 14.0. The van der Waals surface area contributed by atoms with Gasteiger partial charge in [0.1, 0.15) is 5.54 Å². The molecule has 2 saturated heterocycles. The van der Waals surface area contributed by atoms with E-state index in [2.05, 4.69) is 5.32 Å². The van der Waals surface area contributed by atoms with E-state index in [0.29, 0.717) is 19.1 Å². The molecule has 3 rings (SSSR count). The van der Waals surface area contributed by atoms with Gasteiger partial charge in [0.05, 0.1) is 13.2 Å². The summed E-state index contributed by atoms with van der Waals surface area (Å²) in [5, 5.41) is 2.98. The van der Waals surface area contributed by atoms with E-state index < -0.39 is 5.54 Å². The predicted molar refractivity (Wildman–Crippen MR) is 84.6 cm³/mol. The molecule has 2 heterocycles. The second-order valence-corrected chi connectivity index (χ2v) is 7.06. The molecule has 0 aromatic rings. The molecule has 1 N–H and O–H groups in total. The summed E-state index contributed by atoms with van der Waals surface area (Å²) < 4.78 is 11.2. The number of rotatable bonds is 3. The maximum Gasteiger partial charge on any atom is 0.248 e. The van der Waals surface area contributed by atoms with E-state index in [9.17, 15) is 9.59 Å². The minimum Gasteiger partial charge on any atom is -0.350 e. The summed E-state index contributed by atoms with van der Waals surface area (Å²) in [5.74, 6) is 0.381. The number of nitrogens with zero attached hydrogens (tertiary/aromatic N) is 1. The first kappa shape index (κ1) is 16.7. The van der Waals surface area contributed by atoms with Crippen molar-refractivity contribution in [3.05, 3.63) is 0 Å². The summed E-state index contributed by atoms with van der Waals surface area (Å²) >= 11 is 0. The van der Waals surface area contributed by atoms with Crippen LogP contribution in [-0.4, -0.2) is 54.8 Å². The highest BCUT2D eigenvalue weighted by Crippen LogP contribution is 2.32. The van der Waals surface area contributed by atoms with E-state index in [0.717, 1.165) is 58.0 Å². The average Bonchev–Trinajstić information content (AvgIpc) is 3.09. The first-order valence-corrected chi connectivity index (χ1v) is 8.92. The molecule has 130 valence electrons. The van der Waals surface area contributed by atoms with Crippen LogP contribution in [0, 0.1) is 5.92 Å². The first-order chi connectivity index (χ1) is 11.1. The van der Waals surface area contributed by atoms with Gasteiger partial charge in [-0.2, -0.15) is 0 Å². The van der Waals surface area contributed by atoms with Crippen LogP contribution in [0.5, 0.6) is 0 Å². The third kappa shape index (κ3) is 3.69. The maximum absolute atomic E-state index is 13.1. The monoisotopic (exact) mass is 324 g/mol. The lowest BCUT2D eigenvalue weighted by molar-refractivity contribution is -0.147. The van der Waals surface area contributed by atoms with Crippen molar-refractivity contribution in [2.24, 2.45) is 5.92 Å². The molecule has 0 atom stereocenters. The summed E-state index contributed by atoms with van der Waals surface area (Å²) in [6.45, 7) is 4.32. The van der Waals surface area contributed by atoms with E-state index in [4.69, 9.17) is 9.47 Å². The number of hydrogen-bond donors (Lipinski definition) is 1. The largest absolute Gasteiger partial charge is 0.350 e. The number of hydrogen-bond acceptors (Lipinski definition) is 4. The lowest BCUT2D eigenvalue weighted by atomic mass is 9.79. The van der Waals surface area contributed by atoms with Crippen LogP contribution in [-0.2, 0) is 19.1 Å². The van der Waals surface area contributed by atoms with Crippen molar-refractivity contribution >= 4 is 11.8 Å². The number of amides is 2. The molecular formula is C17H28N2O4. The summed E-state index contributed by atoms with van der Waals surface area (Å²) in [5.41, 5.74) is -0.669. The third-order valence-corrected chi connectivity index (χ3v) is 5.39. The molecule has 3 fully saturated rings. The van der Waals surface area contributed by atoms with Gasteiger partial charge in [-0.1, -0.05) is 19.3 Å². The Bertz CT molecular complexity index is 434. The molecule has 3 aliphatic rings. The number of carbonyl (C=O) groups excluding carboxylic acids is 2. The summed E-state index contributed by atoms with van der Waals surface area (Å²) in [7, 11) is 0. The van der Waals surface area contributed by atoms with Crippen LogP contribution in [0.3, 0.4) is 0 Å². The zero-order chi connectivity index (χ0) is 16.3. The Balaban J connectivity index is 1.61. The molecule has 0 unspecified atom stereocenters. The molecule has 0 radical (unpaired) electrons. The first-order valence-electron chi connectivity index (χ1n) is 8.92. The molecule has 2 amide bonds. The second-order valence-electron chi connectivity index (χ2n) is 7.06. The Hall–Kier alpha value is -1.14. The van der Waals surface area contributed by atoms with Crippen LogP contribution in [0.15, 0.2) is 0 Å². The SMILES string of the molecule is CC(=O)NC1(C(=O)N2CCC(C3OCCO3)CC2)CCCCC1. The van der Waals surface area contributed by atoms with Crippen LogP contribution < -0.4 is 5.32 Å². The highest BCUT2D eigenvalue weighted by atomic mass is 16.7. The number of likely N-dealkylation sites (tertiary alicyclic amines) is 1. The van der Waals surface area contributed by atoms with Gasteiger partial charge >= 0.3 is 0 Å². The van der Waals surface area contributed by atoms with Crippen LogP contribution in [0.25, 0.3) is 0 Å². The summed E-state index contributed by atoms with van der Waals surface area (Å²) in [6.07, 6.45) is 6.41. The Morgan fingerprint density at radius 1 is 1.04 bits per heavy atom. The lowest BCUT2D eigenvalue weighted by Gasteiger charge is -2.42. The normalized spacial score (nSPS) is 26.2. The Morgan fingerprint density at radius 3 is 2.22 bits per heavy atom. The van der Waals surface area contributed by atoms with Gasteiger partial charge in [-0.3, -0.25) is 9.59 Å². The molecule has 1 aliphatic carbocycles. The smallest absolute Gasteiger partial charge is 0.248 e. The van der Waals surface area contributed by atoms with Crippen molar-refractivity contribution in [2.75, 3.05) is 26.3 Å². The maximum atomic E-state index is 13.1. The third-order valence-electron chi connectivity index (χ3n) is 5.39. The van der Waals surface area contributed by atoms with Crippen molar-refractivity contribution in [1.29, 1.82) is 0 Å². The minimum absolute atomic E-state index is 0.0914. The summed E-state index contributed by atoms with van der Waals surface area (Å²) in [6, 6.07) is 0. The van der Waals surface area contributed by atoms with Crippen LogP contribution in [0.1, 0.15) is 51.9 Å². The Morgan fingerprint density at radius 2 is 1.65 bits per heavy atom. The van der Waals surface area contributed by atoms with Gasteiger partial charge in [0, 0.05) is 25.9 Å². The van der Waals surface area contributed by atoms with Crippen LogP contribution in [0.2, 0.25) is 0 Å². The minimum atomic E-state index is -0.669. The molecule has 6 nitrogen and oxygen atoms in total. The van der Waals surface area contributed by atoms with Crippen molar-refractivity contribution in [2.45, 2.75) is 63.7 Å². The van der Waals surface area contributed by atoms with E-state index >= 15 is 0 Å². The topological polar surface area (TPSA) is 67.9 Å². The molecular weight excluding hydrogens is 296 g/mol. The van der Waals surface area contributed by atoms with Gasteiger partial charge in [0.25, 0.3) is 0 Å². The van der Waals surface area contributed by atoms with Gasteiger partial charge in [-0.25, -0.2) is 0 Å². The fraction of sp³-hybridized carbons (Fsp3) is 0.882. The quantitative estimate of drug-likeness (QED) is 0.853. The molecule has 0 spiro atoms. The highest BCUT2D eigenvalue weighted by Gasteiger charge is 2.44. The van der Waals surface area contributed by atoms with Crippen molar-refractivity contribution in [3.8, 4) is 0 Å². The molecule has 2 aliphatic heterocycles. The molecule has 6 heteroatoms. The van der Waals surface area contributed by atoms with E-state index in [-0.39, 0.29) is 18.1 Å². The van der Waals surface area contributed by atoms with Gasteiger partial charge in [-0.05, 0) is 25.7 Å². The predicted octanol–water partition coefficient (Wildman–Crippen LogP) is 1.44. The number of piperidine rings is 1. The standard InChI is InChI=1S/C17H28N2O4/c1-13(20)18-17(7-3-2-4-8-17)16(21)19-9-5-14(6-10-19)15-22-11-12-23-15/h14-15H,2-12H2,1H3,(H,18,20). The Kier molecular flexibility index (Phi) is 5.21. The van der Waals surface area contributed by atoms with E-state index in [1.54, 1.807) is 0 Å². The van der Waals surface area contributed by atoms with Crippen LogP contribution >= 0.6 is 0 Å². The summed E-state index contributed by atoms with van der Waals surface area (Å²) in [4.78, 5) is 26.6. The fourth-order valence-corrected chi connectivity index (χ4v) is 4.21. The Labute approximate surface area is 137 Å².